The Bertz CT molecular complexity index is 681. The average Bonchev–Trinajstić information content (AvgIpc) is 2.65. The third kappa shape index (κ3) is 1.95. The molecular weight excluding hydrogens is 312 g/mol. The lowest BCUT2D eigenvalue weighted by atomic mass is 10.1. The van der Waals surface area contributed by atoms with Crippen molar-refractivity contribution in [3.05, 3.63) is 22.8 Å². The van der Waals surface area contributed by atoms with Crippen LogP contribution in [0.1, 0.15) is 0 Å². The summed E-state index contributed by atoms with van der Waals surface area (Å²) >= 11 is 3.45. The molecule has 7 heteroatoms. The number of halogens is 1. The molecule has 6 nitrogen and oxygen atoms in total. The molecule has 1 aromatic heterocycles. The van der Waals surface area contributed by atoms with Gasteiger partial charge in [0.05, 0.1) is 5.69 Å². The number of ether oxygens (including phenoxy) is 1. The predicted octanol–water partition coefficient (Wildman–Crippen LogP) is 1.76. The van der Waals surface area contributed by atoms with Crippen molar-refractivity contribution in [2.75, 3.05) is 17.7 Å². The number of anilines is 2. The first-order valence-corrected chi connectivity index (χ1v) is 6.40. The SMILES string of the molecule is Cn1c(N)nc(-c2ccc3c(c2)NC(=O)CO3)c1Br. The van der Waals surface area contributed by atoms with Crippen molar-refractivity contribution in [2.24, 2.45) is 7.05 Å². The van der Waals surface area contributed by atoms with Gasteiger partial charge in [0, 0.05) is 12.6 Å². The summed E-state index contributed by atoms with van der Waals surface area (Å²) in [5, 5.41) is 2.77. The molecule has 0 aliphatic carbocycles. The van der Waals surface area contributed by atoms with Gasteiger partial charge in [0.2, 0.25) is 5.95 Å². The van der Waals surface area contributed by atoms with Gasteiger partial charge in [-0.3, -0.25) is 4.79 Å². The minimum Gasteiger partial charge on any atom is -0.482 e. The molecule has 1 amide bonds. The van der Waals surface area contributed by atoms with Crippen molar-refractivity contribution < 1.29 is 9.53 Å². The van der Waals surface area contributed by atoms with Crippen LogP contribution in [0.5, 0.6) is 5.75 Å². The molecule has 3 rings (SSSR count). The molecule has 2 heterocycles. The van der Waals surface area contributed by atoms with E-state index in [0.29, 0.717) is 17.4 Å². The molecule has 0 unspecified atom stereocenters. The van der Waals surface area contributed by atoms with E-state index < -0.39 is 0 Å². The summed E-state index contributed by atoms with van der Waals surface area (Å²) in [6, 6.07) is 5.50. The van der Waals surface area contributed by atoms with E-state index in [1.54, 1.807) is 10.6 Å². The van der Waals surface area contributed by atoms with Gasteiger partial charge in [-0.25, -0.2) is 4.98 Å². The van der Waals surface area contributed by atoms with Crippen LogP contribution in [0.15, 0.2) is 22.8 Å². The van der Waals surface area contributed by atoms with Gasteiger partial charge in [0.15, 0.2) is 6.61 Å². The second-order valence-electron chi connectivity index (χ2n) is 4.22. The van der Waals surface area contributed by atoms with Crippen LogP contribution in [-0.2, 0) is 11.8 Å². The van der Waals surface area contributed by atoms with E-state index in [1.807, 2.05) is 19.2 Å². The van der Waals surface area contributed by atoms with Crippen LogP contribution in [0.3, 0.4) is 0 Å². The van der Waals surface area contributed by atoms with E-state index in [4.69, 9.17) is 10.5 Å². The molecule has 0 atom stereocenters. The quantitative estimate of drug-likeness (QED) is 0.838. The number of imidazole rings is 1. The number of carbonyl (C=O) groups is 1. The monoisotopic (exact) mass is 322 g/mol. The molecule has 3 N–H and O–H groups in total. The van der Waals surface area contributed by atoms with Crippen molar-refractivity contribution >= 4 is 33.5 Å². The standard InChI is InChI=1S/C12H11BrN4O2/c1-17-11(13)10(16-12(17)14)6-2-3-8-7(4-6)15-9(18)5-19-8/h2-4H,5H2,1H3,(H2,14,16)(H,15,18). The Balaban J connectivity index is 2.09. The Morgan fingerprint density at radius 1 is 1.53 bits per heavy atom. The van der Waals surface area contributed by atoms with Crippen LogP contribution in [0.2, 0.25) is 0 Å². The maximum absolute atomic E-state index is 11.3. The minimum atomic E-state index is -0.163. The molecule has 1 aromatic carbocycles. The Kier molecular flexibility index (Phi) is 2.70. The number of rotatable bonds is 1. The highest BCUT2D eigenvalue weighted by molar-refractivity contribution is 9.10. The van der Waals surface area contributed by atoms with Gasteiger partial charge < -0.3 is 20.4 Å². The Morgan fingerprint density at radius 2 is 2.32 bits per heavy atom. The zero-order chi connectivity index (χ0) is 13.6. The number of nitrogens with one attached hydrogen (secondary N) is 1. The fourth-order valence-corrected chi connectivity index (χ4v) is 2.41. The summed E-state index contributed by atoms with van der Waals surface area (Å²) in [7, 11) is 1.82. The van der Waals surface area contributed by atoms with E-state index in [2.05, 4.69) is 26.2 Å². The minimum absolute atomic E-state index is 0.0482. The largest absolute Gasteiger partial charge is 0.482 e. The molecule has 0 fully saturated rings. The number of hydrogen-bond acceptors (Lipinski definition) is 4. The second kappa shape index (κ2) is 4.27. The van der Waals surface area contributed by atoms with Crippen LogP contribution in [-0.4, -0.2) is 22.1 Å². The van der Waals surface area contributed by atoms with Crippen LogP contribution in [0, 0.1) is 0 Å². The molecule has 0 bridgehead atoms. The number of nitrogens with two attached hydrogens (primary N) is 1. The molecule has 0 saturated carbocycles. The van der Waals surface area contributed by atoms with E-state index in [-0.39, 0.29) is 12.5 Å². The lowest BCUT2D eigenvalue weighted by molar-refractivity contribution is -0.118. The first-order valence-electron chi connectivity index (χ1n) is 5.61. The highest BCUT2D eigenvalue weighted by Gasteiger charge is 2.18. The molecule has 1 aliphatic heterocycles. The summed E-state index contributed by atoms with van der Waals surface area (Å²) in [6.45, 7) is 0.0482. The first kappa shape index (κ1) is 12.0. The van der Waals surface area contributed by atoms with Gasteiger partial charge in [0.1, 0.15) is 16.0 Å². The Morgan fingerprint density at radius 3 is 3.00 bits per heavy atom. The number of nitrogens with zero attached hydrogens (tertiary/aromatic N) is 2. The maximum Gasteiger partial charge on any atom is 0.262 e. The van der Waals surface area contributed by atoms with Crippen molar-refractivity contribution in [1.82, 2.24) is 9.55 Å². The van der Waals surface area contributed by atoms with Gasteiger partial charge >= 0.3 is 0 Å². The van der Waals surface area contributed by atoms with Gasteiger partial charge in [-0.15, -0.1) is 0 Å². The lowest BCUT2D eigenvalue weighted by Crippen LogP contribution is -2.25. The Hall–Kier alpha value is -2.02. The summed E-state index contributed by atoms with van der Waals surface area (Å²) in [5.74, 6) is 0.910. The number of fused-ring (bicyclic) bond motifs is 1. The number of aromatic nitrogens is 2. The molecule has 19 heavy (non-hydrogen) atoms. The summed E-state index contributed by atoms with van der Waals surface area (Å²) in [5.41, 5.74) is 7.98. The van der Waals surface area contributed by atoms with Gasteiger partial charge in [-0.05, 0) is 34.1 Å². The number of amides is 1. The third-order valence-electron chi connectivity index (χ3n) is 2.95. The molecule has 1 aliphatic rings. The third-order valence-corrected chi connectivity index (χ3v) is 3.85. The second-order valence-corrected chi connectivity index (χ2v) is 4.97. The van der Waals surface area contributed by atoms with Crippen molar-refractivity contribution in [3.63, 3.8) is 0 Å². The van der Waals surface area contributed by atoms with Gasteiger partial charge in [-0.2, -0.15) is 0 Å². The molecular formula is C12H11BrN4O2. The number of nitrogen functional groups attached to an aromatic ring is 1. The fourth-order valence-electron chi connectivity index (χ4n) is 1.91. The van der Waals surface area contributed by atoms with Crippen LogP contribution >= 0.6 is 15.9 Å². The normalized spacial score (nSPS) is 13.7. The van der Waals surface area contributed by atoms with Crippen LogP contribution < -0.4 is 15.8 Å². The average molecular weight is 323 g/mol. The molecule has 0 spiro atoms. The number of benzene rings is 1. The van der Waals surface area contributed by atoms with Crippen molar-refractivity contribution in [1.29, 1.82) is 0 Å². The van der Waals surface area contributed by atoms with Crippen molar-refractivity contribution in [3.8, 4) is 17.0 Å². The van der Waals surface area contributed by atoms with E-state index in [1.165, 1.54) is 0 Å². The fraction of sp³-hybridized carbons (Fsp3) is 0.167. The molecule has 0 radical (unpaired) electrons. The van der Waals surface area contributed by atoms with E-state index in [9.17, 15) is 4.79 Å². The molecule has 2 aromatic rings. The maximum atomic E-state index is 11.3. The van der Waals surface area contributed by atoms with Gasteiger partial charge in [0.25, 0.3) is 5.91 Å². The number of hydrogen-bond donors (Lipinski definition) is 2. The highest BCUT2D eigenvalue weighted by Crippen LogP contribution is 2.35. The van der Waals surface area contributed by atoms with Crippen LogP contribution in [0.25, 0.3) is 11.3 Å². The summed E-state index contributed by atoms with van der Waals surface area (Å²) in [4.78, 5) is 15.6. The highest BCUT2D eigenvalue weighted by atomic mass is 79.9. The zero-order valence-electron chi connectivity index (χ0n) is 10.1. The first-order chi connectivity index (χ1) is 9.06. The smallest absolute Gasteiger partial charge is 0.262 e. The molecule has 98 valence electrons. The van der Waals surface area contributed by atoms with Gasteiger partial charge in [-0.1, -0.05) is 0 Å². The number of carbonyl (C=O) groups excluding carboxylic acids is 1. The zero-order valence-corrected chi connectivity index (χ0v) is 11.7. The lowest BCUT2D eigenvalue weighted by Gasteiger charge is -2.18. The van der Waals surface area contributed by atoms with Crippen molar-refractivity contribution in [2.45, 2.75) is 0 Å². The van der Waals surface area contributed by atoms with E-state index >= 15 is 0 Å². The summed E-state index contributed by atoms with van der Waals surface area (Å²) in [6.07, 6.45) is 0. The molecule has 0 saturated heterocycles. The topological polar surface area (TPSA) is 82.2 Å². The van der Waals surface area contributed by atoms with E-state index in [0.717, 1.165) is 15.9 Å². The Labute approximate surface area is 117 Å². The van der Waals surface area contributed by atoms with Crippen LogP contribution in [0.4, 0.5) is 11.6 Å². The predicted molar refractivity (Wildman–Crippen MR) is 74.9 cm³/mol. The summed E-state index contributed by atoms with van der Waals surface area (Å²) < 4.78 is 7.84.